The van der Waals surface area contributed by atoms with Crippen molar-refractivity contribution in [3.63, 3.8) is 0 Å². The van der Waals surface area contributed by atoms with Gasteiger partial charge in [-0.1, -0.05) is 18.2 Å². The van der Waals surface area contributed by atoms with Crippen molar-refractivity contribution in [2.45, 2.75) is 0 Å². The zero-order chi connectivity index (χ0) is 12.1. The molecule has 0 amide bonds. The van der Waals surface area contributed by atoms with Crippen molar-refractivity contribution < 1.29 is 9.84 Å². The fourth-order valence-electron chi connectivity index (χ4n) is 1.28. The number of hydrogen-bond acceptors (Lipinski definition) is 3. The van der Waals surface area contributed by atoms with Crippen LogP contribution in [0.4, 0.5) is 5.69 Å². The number of thiocarbonyl (C=S) groups is 1. The molecule has 0 fully saturated rings. The third kappa shape index (κ3) is 3.46. The molecule has 0 radical (unpaired) electrons. The number of para-hydroxylation sites is 1. The average molecular weight is 245 g/mol. The molecule has 0 unspecified atom stereocenters. The van der Waals surface area contributed by atoms with Gasteiger partial charge in [0.15, 0.2) is 0 Å². The van der Waals surface area contributed by atoms with Crippen LogP contribution in [0.5, 0.6) is 11.5 Å². The van der Waals surface area contributed by atoms with Gasteiger partial charge in [0.25, 0.3) is 5.17 Å². The highest BCUT2D eigenvalue weighted by Crippen LogP contribution is 2.15. The van der Waals surface area contributed by atoms with Crippen LogP contribution in [-0.2, 0) is 0 Å². The Balaban J connectivity index is 1.96. The average Bonchev–Trinajstić information content (AvgIpc) is 2.33. The molecule has 2 aromatic carbocycles. The van der Waals surface area contributed by atoms with Gasteiger partial charge < -0.3 is 15.2 Å². The van der Waals surface area contributed by atoms with Crippen molar-refractivity contribution in [3.05, 3.63) is 54.6 Å². The Morgan fingerprint density at radius 2 is 1.65 bits per heavy atom. The van der Waals surface area contributed by atoms with Crippen LogP contribution in [0.25, 0.3) is 0 Å². The molecule has 0 aromatic heterocycles. The number of phenols is 1. The van der Waals surface area contributed by atoms with Gasteiger partial charge in [0.05, 0.1) is 0 Å². The van der Waals surface area contributed by atoms with E-state index in [1.807, 2.05) is 30.3 Å². The van der Waals surface area contributed by atoms with Gasteiger partial charge in [-0.25, -0.2) is 0 Å². The summed E-state index contributed by atoms with van der Waals surface area (Å²) in [6.45, 7) is 0. The summed E-state index contributed by atoms with van der Waals surface area (Å²) < 4.78 is 5.41. The summed E-state index contributed by atoms with van der Waals surface area (Å²) in [6.07, 6.45) is 0. The lowest BCUT2D eigenvalue weighted by Gasteiger charge is -2.09. The van der Waals surface area contributed by atoms with Gasteiger partial charge in [0, 0.05) is 5.69 Å². The van der Waals surface area contributed by atoms with E-state index in [1.54, 1.807) is 24.3 Å². The lowest BCUT2D eigenvalue weighted by Crippen LogP contribution is -2.16. The topological polar surface area (TPSA) is 41.5 Å². The normalized spacial score (nSPS) is 9.65. The number of aromatic hydroxyl groups is 1. The summed E-state index contributed by atoms with van der Waals surface area (Å²) in [5.74, 6) is 0.897. The van der Waals surface area contributed by atoms with Crippen LogP contribution < -0.4 is 10.1 Å². The van der Waals surface area contributed by atoms with Gasteiger partial charge >= 0.3 is 0 Å². The number of phenolic OH excluding ortho intramolecular Hbond substituents is 1. The fraction of sp³-hybridized carbons (Fsp3) is 0. The summed E-state index contributed by atoms with van der Waals surface area (Å²) in [7, 11) is 0. The molecule has 0 spiro atoms. The monoisotopic (exact) mass is 245 g/mol. The molecule has 17 heavy (non-hydrogen) atoms. The number of ether oxygens (including phenoxy) is 1. The predicted molar refractivity (Wildman–Crippen MR) is 71.4 cm³/mol. The molecule has 0 atom stereocenters. The Labute approximate surface area is 105 Å². The molecule has 0 saturated heterocycles. The number of anilines is 1. The van der Waals surface area contributed by atoms with E-state index in [0.29, 0.717) is 5.75 Å². The number of rotatable bonds is 2. The standard InChI is InChI=1S/C13H11NO2S/c15-11-8-6-10(7-9-11)14-13(17)16-12-4-2-1-3-5-12/h1-9,15H,(H,14,17). The maximum absolute atomic E-state index is 9.13. The first kappa shape index (κ1) is 11.4. The summed E-state index contributed by atoms with van der Waals surface area (Å²) in [5, 5.41) is 12.3. The Kier molecular flexibility index (Phi) is 3.57. The lowest BCUT2D eigenvalue weighted by molar-refractivity contribution is 0.475. The van der Waals surface area contributed by atoms with E-state index in [9.17, 15) is 0 Å². The summed E-state index contributed by atoms with van der Waals surface area (Å²) >= 11 is 5.06. The fourth-order valence-corrected chi connectivity index (χ4v) is 1.50. The predicted octanol–water partition coefficient (Wildman–Crippen LogP) is 3.17. The smallest absolute Gasteiger partial charge is 0.266 e. The SMILES string of the molecule is Oc1ccc(NC(=S)Oc2ccccc2)cc1. The van der Waals surface area contributed by atoms with E-state index < -0.39 is 0 Å². The molecule has 0 heterocycles. The van der Waals surface area contributed by atoms with Crippen LogP contribution in [0, 0.1) is 0 Å². The Morgan fingerprint density at radius 1 is 1.00 bits per heavy atom. The molecule has 0 aliphatic carbocycles. The first-order valence-corrected chi connectivity index (χ1v) is 5.48. The zero-order valence-electron chi connectivity index (χ0n) is 8.96. The van der Waals surface area contributed by atoms with E-state index in [-0.39, 0.29) is 10.9 Å². The largest absolute Gasteiger partial charge is 0.508 e. The van der Waals surface area contributed by atoms with Gasteiger partial charge in [-0.05, 0) is 48.6 Å². The Hall–Kier alpha value is -2.07. The summed E-state index contributed by atoms with van der Waals surface area (Å²) in [6, 6.07) is 15.9. The van der Waals surface area contributed by atoms with Crippen LogP contribution in [0.1, 0.15) is 0 Å². The molecular weight excluding hydrogens is 234 g/mol. The van der Waals surface area contributed by atoms with Crippen molar-refractivity contribution in [3.8, 4) is 11.5 Å². The summed E-state index contributed by atoms with van der Waals surface area (Å²) in [5.41, 5.74) is 0.767. The lowest BCUT2D eigenvalue weighted by atomic mass is 10.3. The highest BCUT2D eigenvalue weighted by molar-refractivity contribution is 7.80. The third-order valence-corrected chi connectivity index (χ3v) is 2.25. The van der Waals surface area contributed by atoms with Crippen LogP contribution in [-0.4, -0.2) is 10.3 Å². The van der Waals surface area contributed by atoms with Crippen LogP contribution in [0.3, 0.4) is 0 Å². The van der Waals surface area contributed by atoms with E-state index in [1.165, 1.54) is 0 Å². The maximum atomic E-state index is 9.13. The Morgan fingerprint density at radius 3 is 2.29 bits per heavy atom. The number of nitrogens with one attached hydrogen (secondary N) is 1. The molecule has 86 valence electrons. The molecule has 4 heteroatoms. The molecule has 2 aromatic rings. The highest BCUT2D eigenvalue weighted by atomic mass is 32.1. The molecule has 0 aliphatic rings. The first-order chi connectivity index (χ1) is 8.24. The zero-order valence-corrected chi connectivity index (χ0v) is 9.78. The molecular formula is C13H11NO2S. The quantitative estimate of drug-likeness (QED) is 0.630. The van der Waals surface area contributed by atoms with E-state index in [0.717, 1.165) is 5.69 Å². The molecule has 2 N–H and O–H groups in total. The third-order valence-electron chi connectivity index (χ3n) is 2.07. The van der Waals surface area contributed by atoms with Crippen LogP contribution >= 0.6 is 12.2 Å². The van der Waals surface area contributed by atoms with Crippen molar-refractivity contribution >= 4 is 23.1 Å². The maximum Gasteiger partial charge on any atom is 0.266 e. The molecule has 0 saturated carbocycles. The molecule has 2 rings (SSSR count). The second-order valence-corrected chi connectivity index (χ2v) is 3.75. The second kappa shape index (κ2) is 5.32. The van der Waals surface area contributed by atoms with E-state index in [4.69, 9.17) is 22.1 Å². The van der Waals surface area contributed by atoms with E-state index >= 15 is 0 Å². The van der Waals surface area contributed by atoms with Crippen LogP contribution in [0.15, 0.2) is 54.6 Å². The van der Waals surface area contributed by atoms with Gasteiger partial charge in [-0.3, -0.25) is 0 Å². The Bertz CT molecular complexity index is 497. The van der Waals surface area contributed by atoms with Gasteiger partial charge in [0.2, 0.25) is 0 Å². The summed E-state index contributed by atoms with van der Waals surface area (Å²) in [4.78, 5) is 0. The van der Waals surface area contributed by atoms with Crippen LogP contribution in [0.2, 0.25) is 0 Å². The van der Waals surface area contributed by atoms with Crippen molar-refractivity contribution in [2.75, 3.05) is 5.32 Å². The van der Waals surface area contributed by atoms with Gasteiger partial charge in [-0.2, -0.15) is 0 Å². The van der Waals surface area contributed by atoms with E-state index in [2.05, 4.69) is 5.32 Å². The minimum absolute atomic E-state index is 0.213. The van der Waals surface area contributed by atoms with Gasteiger partial charge in [-0.15, -0.1) is 0 Å². The number of hydrogen-bond donors (Lipinski definition) is 2. The molecule has 0 aliphatic heterocycles. The highest BCUT2D eigenvalue weighted by Gasteiger charge is 2.00. The molecule has 0 bridgehead atoms. The van der Waals surface area contributed by atoms with Crippen molar-refractivity contribution in [1.82, 2.24) is 0 Å². The molecule has 3 nitrogen and oxygen atoms in total. The minimum Gasteiger partial charge on any atom is -0.508 e. The van der Waals surface area contributed by atoms with Crippen molar-refractivity contribution in [1.29, 1.82) is 0 Å². The number of benzene rings is 2. The first-order valence-electron chi connectivity index (χ1n) is 5.07. The minimum atomic E-state index is 0.213. The van der Waals surface area contributed by atoms with Crippen molar-refractivity contribution in [2.24, 2.45) is 0 Å². The van der Waals surface area contributed by atoms with Gasteiger partial charge in [0.1, 0.15) is 11.5 Å². The second-order valence-electron chi connectivity index (χ2n) is 3.37.